The highest BCUT2D eigenvalue weighted by atomic mass is 16.2. The van der Waals surface area contributed by atoms with Crippen LogP contribution in [0.1, 0.15) is 84.0 Å². The van der Waals surface area contributed by atoms with Crippen LogP contribution < -0.4 is 16.0 Å². The monoisotopic (exact) mass is 546 g/mol. The molecule has 3 N–H and O–H groups in total. The topological polar surface area (TPSA) is 131 Å². The number of urea groups is 2. The Hall–Kier alpha value is -2.69. The van der Waals surface area contributed by atoms with Crippen LogP contribution in [0.3, 0.4) is 0 Å². The van der Waals surface area contributed by atoms with Gasteiger partial charge in [-0.25, -0.2) is 9.59 Å². The first-order valence-corrected chi connectivity index (χ1v) is 15.1. The smallest absolute Gasteiger partial charge is 0.324 e. The molecule has 0 spiro atoms. The van der Waals surface area contributed by atoms with Crippen LogP contribution in [0.4, 0.5) is 9.59 Å². The lowest BCUT2D eigenvalue weighted by Crippen LogP contribution is -2.61. The molecule has 11 heteroatoms. The molecule has 39 heavy (non-hydrogen) atoms. The van der Waals surface area contributed by atoms with E-state index in [0.29, 0.717) is 39.0 Å². The number of carbonyl (C=O) groups excluding carboxylic acids is 5. The predicted octanol–water partition coefficient (Wildman–Crippen LogP) is 2.21. The summed E-state index contributed by atoms with van der Waals surface area (Å²) in [5.41, 5.74) is 0. The number of rotatable bonds is 13. The normalized spacial score (nSPS) is 27.0. The van der Waals surface area contributed by atoms with Gasteiger partial charge in [0, 0.05) is 45.2 Å². The van der Waals surface area contributed by atoms with E-state index >= 15 is 0 Å². The number of carbonyl (C=O) groups is 5. The maximum atomic E-state index is 12.8. The third-order valence-corrected chi connectivity index (χ3v) is 8.83. The number of amides is 7. The molecule has 0 radical (unpaired) electrons. The number of unbranched alkanes of at least 4 members (excludes halogenated alkanes) is 1. The van der Waals surface area contributed by atoms with Crippen molar-refractivity contribution >= 4 is 29.8 Å². The van der Waals surface area contributed by atoms with E-state index in [2.05, 4.69) is 16.0 Å². The average molecular weight is 547 g/mol. The second kappa shape index (κ2) is 14.1. The summed E-state index contributed by atoms with van der Waals surface area (Å²) in [6, 6.07) is -0.560. The van der Waals surface area contributed by atoms with Gasteiger partial charge in [0.2, 0.25) is 17.7 Å². The fourth-order valence-corrected chi connectivity index (χ4v) is 6.58. The second-order valence-electron chi connectivity index (χ2n) is 11.5. The Bertz CT molecular complexity index is 913. The highest BCUT2D eigenvalue weighted by Crippen LogP contribution is 2.30. The predicted molar refractivity (Wildman–Crippen MR) is 146 cm³/mol. The van der Waals surface area contributed by atoms with E-state index in [9.17, 15) is 24.0 Å². The molecule has 0 aromatic heterocycles. The maximum Gasteiger partial charge on any atom is 0.324 e. The fraction of sp³-hybridized carbons (Fsp3) is 0.821. The zero-order valence-corrected chi connectivity index (χ0v) is 23.4. The lowest BCUT2D eigenvalue weighted by Gasteiger charge is -2.40. The minimum Gasteiger partial charge on any atom is -0.343 e. The first kappa shape index (κ1) is 29.3. The zero-order valence-electron chi connectivity index (χ0n) is 23.4. The van der Waals surface area contributed by atoms with Crippen LogP contribution >= 0.6 is 0 Å². The molecule has 4 unspecified atom stereocenters. The Kier molecular flexibility index (Phi) is 10.6. The van der Waals surface area contributed by atoms with Crippen molar-refractivity contribution in [3.63, 3.8) is 0 Å². The molecular weight excluding hydrogens is 500 g/mol. The van der Waals surface area contributed by atoms with E-state index in [1.54, 1.807) is 11.8 Å². The van der Waals surface area contributed by atoms with Gasteiger partial charge in [-0.2, -0.15) is 0 Å². The van der Waals surface area contributed by atoms with Crippen LogP contribution in [0.15, 0.2) is 0 Å². The number of nitrogens with zero attached hydrogens (tertiary/aromatic N) is 3. The zero-order chi connectivity index (χ0) is 27.8. The van der Waals surface area contributed by atoms with E-state index in [-0.39, 0.29) is 53.7 Å². The van der Waals surface area contributed by atoms with Crippen molar-refractivity contribution in [3.05, 3.63) is 0 Å². The van der Waals surface area contributed by atoms with E-state index < -0.39 is 0 Å². The summed E-state index contributed by atoms with van der Waals surface area (Å²) in [4.78, 5) is 66.9. The van der Waals surface area contributed by atoms with Gasteiger partial charge >= 0.3 is 12.1 Å². The molecule has 2 aliphatic carbocycles. The van der Waals surface area contributed by atoms with Crippen LogP contribution in [0.2, 0.25) is 0 Å². The van der Waals surface area contributed by atoms with Crippen LogP contribution in [0, 0.1) is 11.8 Å². The summed E-state index contributed by atoms with van der Waals surface area (Å²) < 4.78 is 0. The first-order chi connectivity index (χ1) is 18.9. The van der Waals surface area contributed by atoms with E-state index in [4.69, 9.17) is 0 Å². The van der Waals surface area contributed by atoms with E-state index in [0.717, 1.165) is 77.3 Å². The molecule has 218 valence electrons. The second-order valence-corrected chi connectivity index (χ2v) is 11.5. The summed E-state index contributed by atoms with van der Waals surface area (Å²) in [7, 11) is 0. The van der Waals surface area contributed by atoms with Crippen LogP contribution in [0.25, 0.3) is 0 Å². The van der Waals surface area contributed by atoms with Crippen molar-refractivity contribution in [2.24, 2.45) is 11.8 Å². The SMILES string of the molecule is CC(=O)N(CCCCNCCCN1C(=O)NC2CCCCC2C1=O)CCCN1C(=O)NC2CCCCC2C1=O. The summed E-state index contributed by atoms with van der Waals surface area (Å²) >= 11 is 0. The molecule has 0 aromatic rings. The largest absolute Gasteiger partial charge is 0.343 e. The van der Waals surface area contributed by atoms with Gasteiger partial charge in [0.25, 0.3) is 0 Å². The van der Waals surface area contributed by atoms with Crippen molar-refractivity contribution in [2.45, 2.75) is 96.1 Å². The molecule has 2 heterocycles. The molecule has 0 aromatic carbocycles. The highest BCUT2D eigenvalue weighted by Gasteiger charge is 2.42. The van der Waals surface area contributed by atoms with Gasteiger partial charge in [-0.15, -0.1) is 0 Å². The summed E-state index contributed by atoms with van der Waals surface area (Å²) in [6.07, 6.45) is 10.7. The number of fused-ring (bicyclic) bond motifs is 2. The van der Waals surface area contributed by atoms with Gasteiger partial charge in [-0.1, -0.05) is 25.7 Å². The molecular formula is C28H46N6O5. The van der Waals surface area contributed by atoms with Gasteiger partial charge in [-0.3, -0.25) is 24.2 Å². The average Bonchev–Trinajstić information content (AvgIpc) is 2.92. The number of hydrogen-bond donors (Lipinski definition) is 3. The molecule has 2 saturated heterocycles. The molecule has 4 rings (SSSR count). The Morgan fingerprint density at radius 3 is 1.79 bits per heavy atom. The van der Waals surface area contributed by atoms with Gasteiger partial charge in [0.15, 0.2) is 0 Å². The number of imide groups is 2. The highest BCUT2D eigenvalue weighted by molar-refractivity contribution is 5.99. The first-order valence-electron chi connectivity index (χ1n) is 15.1. The molecule has 4 aliphatic rings. The lowest BCUT2D eigenvalue weighted by atomic mass is 9.82. The molecule has 0 bridgehead atoms. The van der Waals surface area contributed by atoms with Crippen molar-refractivity contribution in [1.82, 2.24) is 30.7 Å². The van der Waals surface area contributed by atoms with Crippen molar-refractivity contribution in [3.8, 4) is 0 Å². The van der Waals surface area contributed by atoms with Gasteiger partial charge < -0.3 is 20.9 Å². The van der Waals surface area contributed by atoms with Crippen molar-refractivity contribution < 1.29 is 24.0 Å². The van der Waals surface area contributed by atoms with E-state index in [1.807, 2.05) is 0 Å². The lowest BCUT2D eigenvalue weighted by molar-refractivity contribution is -0.137. The van der Waals surface area contributed by atoms with Gasteiger partial charge in [0.1, 0.15) is 0 Å². The Balaban J connectivity index is 1.07. The maximum absolute atomic E-state index is 12.8. The van der Waals surface area contributed by atoms with E-state index in [1.165, 1.54) is 9.80 Å². The third-order valence-electron chi connectivity index (χ3n) is 8.83. The number of nitrogens with one attached hydrogen (secondary N) is 3. The quantitative estimate of drug-likeness (QED) is 0.304. The Morgan fingerprint density at radius 2 is 1.23 bits per heavy atom. The summed E-state index contributed by atoms with van der Waals surface area (Å²) in [5, 5.41) is 9.38. The molecule has 2 aliphatic heterocycles. The summed E-state index contributed by atoms with van der Waals surface area (Å²) in [5.74, 6) is -0.247. The Labute approximate surface area is 231 Å². The Morgan fingerprint density at radius 1 is 0.744 bits per heavy atom. The molecule has 4 atom stereocenters. The molecule has 7 amide bonds. The van der Waals surface area contributed by atoms with Crippen LogP contribution in [0.5, 0.6) is 0 Å². The van der Waals surface area contributed by atoms with Crippen molar-refractivity contribution in [1.29, 1.82) is 0 Å². The minimum atomic E-state index is -0.299. The van der Waals surface area contributed by atoms with Gasteiger partial charge in [-0.05, 0) is 64.5 Å². The standard InChI is InChI=1S/C28H46N6O5/c1-20(35)32(17-9-19-34-26(37)22-11-3-5-13-24(22)31-28(34)39)16-7-6-14-29-15-8-18-33-25(36)21-10-2-4-12-23(21)30-27(33)38/h21-24,29H,2-19H2,1H3,(H,30,38)(H,31,39). The van der Waals surface area contributed by atoms with Crippen molar-refractivity contribution in [2.75, 3.05) is 39.3 Å². The minimum absolute atomic E-state index is 0.00518. The summed E-state index contributed by atoms with van der Waals surface area (Å²) in [6.45, 7) is 4.97. The van der Waals surface area contributed by atoms with Gasteiger partial charge in [0.05, 0.1) is 11.8 Å². The van der Waals surface area contributed by atoms with Crippen LogP contribution in [-0.2, 0) is 14.4 Å². The number of hydrogen-bond acceptors (Lipinski definition) is 6. The molecule has 2 saturated carbocycles. The third kappa shape index (κ3) is 7.49. The molecule has 4 fully saturated rings. The fourth-order valence-electron chi connectivity index (χ4n) is 6.58. The molecule has 11 nitrogen and oxygen atoms in total. The van der Waals surface area contributed by atoms with Crippen LogP contribution in [-0.4, -0.2) is 95.8 Å².